The Hall–Kier alpha value is -0.870. The van der Waals surface area contributed by atoms with Crippen LogP contribution in [-0.4, -0.2) is 29.2 Å². The highest BCUT2D eigenvalue weighted by atomic mass is 35.5. The molecule has 0 spiro atoms. The van der Waals surface area contributed by atoms with Crippen molar-refractivity contribution >= 4 is 17.4 Å². The SMILES string of the molecule is COCC1(Nc2nccnc2Cl)CCC1. The van der Waals surface area contributed by atoms with Crippen LogP contribution in [0.25, 0.3) is 0 Å². The van der Waals surface area contributed by atoms with Gasteiger partial charge in [-0.05, 0) is 19.3 Å². The Morgan fingerprint density at radius 2 is 2.20 bits per heavy atom. The zero-order valence-corrected chi connectivity index (χ0v) is 9.42. The van der Waals surface area contributed by atoms with Crippen LogP contribution in [0.15, 0.2) is 12.4 Å². The fourth-order valence-corrected chi connectivity index (χ4v) is 1.99. The van der Waals surface area contributed by atoms with Crippen molar-refractivity contribution in [2.24, 2.45) is 0 Å². The fourth-order valence-electron chi connectivity index (χ4n) is 1.84. The van der Waals surface area contributed by atoms with Crippen LogP contribution in [-0.2, 0) is 4.74 Å². The van der Waals surface area contributed by atoms with Crippen LogP contribution >= 0.6 is 11.6 Å². The smallest absolute Gasteiger partial charge is 0.171 e. The summed E-state index contributed by atoms with van der Waals surface area (Å²) in [6.07, 6.45) is 6.61. The predicted molar refractivity (Wildman–Crippen MR) is 59.1 cm³/mol. The van der Waals surface area contributed by atoms with E-state index in [0.29, 0.717) is 17.6 Å². The highest BCUT2D eigenvalue weighted by Gasteiger charge is 2.37. The van der Waals surface area contributed by atoms with Gasteiger partial charge in [0.15, 0.2) is 11.0 Å². The predicted octanol–water partition coefficient (Wildman–Crippen LogP) is 2.11. The summed E-state index contributed by atoms with van der Waals surface area (Å²) in [6, 6.07) is 0. The molecule has 1 fully saturated rings. The van der Waals surface area contributed by atoms with Gasteiger partial charge in [-0.2, -0.15) is 0 Å². The van der Waals surface area contributed by atoms with E-state index in [0.717, 1.165) is 12.8 Å². The van der Waals surface area contributed by atoms with Gasteiger partial charge in [-0.25, -0.2) is 9.97 Å². The number of halogens is 1. The average molecular weight is 228 g/mol. The molecule has 2 rings (SSSR count). The Morgan fingerprint density at radius 1 is 1.47 bits per heavy atom. The van der Waals surface area contributed by atoms with E-state index < -0.39 is 0 Å². The van der Waals surface area contributed by atoms with Crippen molar-refractivity contribution in [1.82, 2.24) is 9.97 Å². The molecular weight excluding hydrogens is 214 g/mol. The molecule has 4 nitrogen and oxygen atoms in total. The monoisotopic (exact) mass is 227 g/mol. The number of ether oxygens (including phenoxy) is 1. The molecule has 1 aliphatic rings. The summed E-state index contributed by atoms with van der Waals surface area (Å²) < 4.78 is 5.21. The first-order chi connectivity index (χ1) is 7.26. The molecule has 0 amide bonds. The van der Waals surface area contributed by atoms with Crippen molar-refractivity contribution in [3.63, 3.8) is 0 Å². The van der Waals surface area contributed by atoms with Gasteiger partial charge >= 0.3 is 0 Å². The molecule has 1 N–H and O–H groups in total. The van der Waals surface area contributed by atoms with Gasteiger partial charge in [-0.1, -0.05) is 11.6 Å². The molecule has 0 saturated heterocycles. The summed E-state index contributed by atoms with van der Waals surface area (Å²) in [7, 11) is 1.71. The zero-order chi connectivity index (χ0) is 10.7. The van der Waals surface area contributed by atoms with E-state index in [4.69, 9.17) is 16.3 Å². The first-order valence-corrected chi connectivity index (χ1v) is 5.37. The Bertz CT molecular complexity index is 341. The molecule has 0 radical (unpaired) electrons. The number of anilines is 1. The quantitative estimate of drug-likeness (QED) is 0.856. The van der Waals surface area contributed by atoms with Gasteiger partial charge in [0, 0.05) is 19.5 Å². The topological polar surface area (TPSA) is 47.0 Å². The maximum atomic E-state index is 5.93. The molecule has 1 saturated carbocycles. The number of aromatic nitrogens is 2. The Morgan fingerprint density at radius 3 is 2.73 bits per heavy atom. The molecule has 82 valence electrons. The molecule has 5 heteroatoms. The maximum Gasteiger partial charge on any atom is 0.171 e. The van der Waals surface area contributed by atoms with Crippen LogP contribution in [0.1, 0.15) is 19.3 Å². The van der Waals surface area contributed by atoms with E-state index in [9.17, 15) is 0 Å². The van der Waals surface area contributed by atoms with Gasteiger partial charge in [0.1, 0.15) is 0 Å². The summed E-state index contributed by atoms with van der Waals surface area (Å²) in [5, 5.41) is 3.75. The van der Waals surface area contributed by atoms with E-state index in [1.165, 1.54) is 6.42 Å². The fraction of sp³-hybridized carbons (Fsp3) is 0.600. The molecule has 1 aromatic rings. The second-order valence-corrected chi connectivity index (χ2v) is 4.25. The molecule has 1 heterocycles. The van der Waals surface area contributed by atoms with Gasteiger partial charge in [-0.15, -0.1) is 0 Å². The summed E-state index contributed by atoms with van der Waals surface area (Å²) >= 11 is 5.93. The van der Waals surface area contributed by atoms with Crippen LogP contribution < -0.4 is 5.32 Å². The maximum absolute atomic E-state index is 5.93. The number of hydrogen-bond acceptors (Lipinski definition) is 4. The van der Waals surface area contributed by atoms with Crippen molar-refractivity contribution < 1.29 is 4.74 Å². The number of methoxy groups -OCH3 is 1. The van der Waals surface area contributed by atoms with Gasteiger partial charge < -0.3 is 10.1 Å². The lowest BCUT2D eigenvalue weighted by atomic mass is 9.77. The third-order valence-corrected chi connectivity index (χ3v) is 3.05. The van der Waals surface area contributed by atoms with Crippen LogP contribution in [0.5, 0.6) is 0 Å². The lowest BCUT2D eigenvalue weighted by Crippen LogP contribution is -2.49. The minimum atomic E-state index is 0.00836. The first kappa shape index (κ1) is 10.6. The summed E-state index contributed by atoms with van der Waals surface area (Å²) in [5.74, 6) is 0.649. The van der Waals surface area contributed by atoms with E-state index >= 15 is 0 Å². The second kappa shape index (κ2) is 4.33. The van der Waals surface area contributed by atoms with E-state index in [1.54, 1.807) is 19.5 Å². The number of nitrogens with one attached hydrogen (secondary N) is 1. The number of rotatable bonds is 4. The minimum absolute atomic E-state index is 0.00836. The lowest BCUT2D eigenvalue weighted by Gasteiger charge is -2.42. The summed E-state index contributed by atoms with van der Waals surface area (Å²) in [6.45, 7) is 0.680. The molecule has 0 aliphatic heterocycles. The zero-order valence-electron chi connectivity index (χ0n) is 8.66. The third-order valence-electron chi connectivity index (χ3n) is 2.77. The van der Waals surface area contributed by atoms with Crippen LogP contribution in [0.3, 0.4) is 0 Å². The summed E-state index contributed by atoms with van der Waals surface area (Å²) in [4.78, 5) is 8.15. The van der Waals surface area contributed by atoms with Crippen LogP contribution in [0, 0.1) is 0 Å². The van der Waals surface area contributed by atoms with Crippen molar-refractivity contribution in [2.75, 3.05) is 19.0 Å². The molecule has 0 aromatic carbocycles. The molecular formula is C10H14ClN3O. The van der Waals surface area contributed by atoms with Gasteiger partial charge in [0.2, 0.25) is 0 Å². The van der Waals surface area contributed by atoms with Gasteiger partial charge in [0.25, 0.3) is 0 Å². The number of hydrogen-bond donors (Lipinski definition) is 1. The van der Waals surface area contributed by atoms with Crippen molar-refractivity contribution in [3.8, 4) is 0 Å². The molecule has 0 unspecified atom stereocenters. The highest BCUT2D eigenvalue weighted by Crippen LogP contribution is 2.36. The van der Waals surface area contributed by atoms with Crippen molar-refractivity contribution in [1.29, 1.82) is 0 Å². The molecule has 1 aliphatic carbocycles. The van der Waals surface area contributed by atoms with Crippen molar-refractivity contribution in [3.05, 3.63) is 17.5 Å². The first-order valence-electron chi connectivity index (χ1n) is 4.99. The van der Waals surface area contributed by atoms with Crippen LogP contribution in [0.4, 0.5) is 5.82 Å². The second-order valence-electron chi connectivity index (χ2n) is 3.89. The Labute approximate surface area is 94.0 Å². The average Bonchev–Trinajstić information content (AvgIpc) is 2.18. The van der Waals surface area contributed by atoms with E-state index in [1.807, 2.05) is 0 Å². The molecule has 1 aromatic heterocycles. The van der Waals surface area contributed by atoms with Crippen LogP contribution in [0.2, 0.25) is 5.15 Å². The van der Waals surface area contributed by atoms with Gasteiger partial charge in [0.05, 0.1) is 12.1 Å². The standard InChI is InChI=1S/C10H14ClN3O/c1-15-7-10(3-2-4-10)14-9-8(11)12-5-6-13-9/h5-6H,2-4,7H2,1H3,(H,13,14). The van der Waals surface area contributed by atoms with E-state index in [-0.39, 0.29) is 5.54 Å². The molecule has 0 bridgehead atoms. The largest absolute Gasteiger partial charge is 0.382 e. The number of nitrogens with zero attached hydrogens (tertiary/aromatic N) is 2. The van der Waals surface area contributed by atoms with Gasteiger partial charge in [-0.3, -0.25) is 0 Å². The van der Waals surface area contributed by atoms with Crippen molar-refractivity contribution in [2.45, 2.75) is 24.8 Å². The summed E-state index contributed by atoms with van der Waals surface area (Å²) in [5.41, 5.74) is 0.00836. The lowest BCUT2D eigenvalue weighted by molar-refractivity contribution is 0.0980. The molecule has 15 heavy (non-hydrogen) atoms. The van der Waals surface area contributed by atoms with E-state index in [2.05, 4.69) is 15.3 Å². The molecule has 0 atom stereocenters. The minimum Gasteiger partial charge on any atom is -0.382 e. The highest BCUT2D eigenvalue weighted by molar-refractivity contribution is 6.31. The normalized spacial score (nSPS) is 18.3. The third kappa shape index (κ3) is 2.21. The Balaban J connectivity index is 2.10. The Kier molecular flexibility index (Phi) is 3.07.